The fourth-order valence-electron chi connectivity index (χ4n) is 1.86. The lowest BCUT2D eigenvalue weighted by atomic mass is 9.89. The van der Waals surface area contributed by atoms with Gasteiger partial charge < -0.3 is 5.11 Å². The molecule has 0 fully saturated rings. The minimum absolute atomic E-state index is 0.183. The van der Waals surface area contributed by atoms with Crippen LogP contribution >= 0.6 is 11.8 Å². The number of thioether (sulfide) groups is 1. The molecule has 0 heterocycles. The van der Waals surface area contributed by atoms with Gasteiger partial charge in [-0.25, -0.2) is 0 Å². The Morgan fingerprint density at radius 1 is 1.22 bits per heavy atom. The Bertz CT molecular complexity index is 354. The zero-order valence-electron chi connectivity index (χ0n) is 12.1. The van der Waals surface area contributed by atoms with Crippen molar-refractivity contribution in [3.63, 3.8) is 0 Å². The second-order valence-electron chi connectivity index (χ2n) is 6.18. The van der Waals surface area contributed by atoms with E-state index in [9.17, 15) is 5.11 Å². The second-order valence-corrected chi connectivity index (χ2v) is 7.25. The van der Waals surface area contributed by atoms with E-state index in [0.29, 0.717) is 5.41 Å². The van der Waals surface area contributed by atoms with E-state index < -0.39 is 0 Å². The van der Waals surface area contributed by atoms with Gasteiger partial charge in [-0.3, -0.25) is 0 Å². The molecule has 1 unspecified atom stereocenters. The molecule has 2 heteroatoms. The SMILES string of the molecule is Cc1ccccc1SCC(O)CCCC(C)(C)C. The second kappa shape index (κ2) is 7.20. The van der Waals surface area contributed by atoms with E-state index in [4.69, 9.17) is 0 Å². The van der Waals surface area contributed by atoms with Crippen LogP contribution in [0.1, 0.15) is 45.6 Å². The van der Waals surface area contributed by atoms with Crippen LogP contribution in [0, 0.1) is 12.3 Å². The Labute approximate surface area is 116 Å². The third-order valence-corrected chi connectivity index (χ3v) is 4.31. The highest BCUT2D eigenvalue weighted by atomic mass is 32.2. The van der Waals surface area contributed by atoms with E-state index >= 15 is 0 Å². The summed E-state index contributed by atoms with van der Waals surface area (Å²) in [5.41, 5.74) is 1.67. The summed E-state index contributed by atoms with van der Waals surface area (Å²) in [5.74, 6) is 0.801. The number of aliphatic hydroxyl groups excluding tert-OH is 1. The van der Waals surface area contributed by atoms with Gasteiger partial charge in [-0.1, -0.05) is 45.4 Å². The first-order chi connectivity index (χ1) is 8.38. The summed E-state index contributed by atoms with van der Waals surface area (Å²) in [5, 5.41) is 9.98. The quantitative estimate of drug-likeness (QED) is 0.755. The molecule has 0 aliphatic carbocycles. The summed E-state index contributed by atoms with van der Waals surface area (Å²) in [4.78, 5) is 1.28. The van der Waals surface area contributed by atoms with Crippen molar-refractivity contribution in [2.24, 2.45) is 5.41 Å². The molecule has 1 aromatic carbocycles. The van der Waals surface area contributed by atoms with Crippen LogP contribution in [0.5, 0.6) is 0 Å². The molecular formula is C16H26OS. The Hall–Kier alpha value is -0.470. The van der Waals surface area contributed by atoms with E-state index in [-0.39, 0.29) is 6.10 Å². The summed E-state index contributed by atoms with van der Waals surface area (Å²) >= 11 is 1.76. The standard InChI is InChI=1S/C16H26OS/c1-13-8-5-6-10-15(13)18-12-14(17)9-7-11-16(2,3)4/h5-6,8,10,14,17H,7,9,11-12H2,1-4H3. The first-order valence-electron chi connectivity index (χ1n) is 6.75. The first-order valence-corrected chi connectivity index (χ1v) is 7.73. The summed E-state index contributed by atoms with van der Waals surface area (Å²) in [6.45, 7) is 8.87. The largest absolute Gasteiger partial charge is 0.392 e. The van der Waals surface area contributed by atoms with E-state index in [2.05, 4.69) is 52.0 Å². The highest BCUT2D eigenvalue weighted by Crippen LogP contribution is 2.25. The van der Waals surface area contributed by atoms with Gasteiger partial charge in [0.25, 0.3) is 0 Å². The molecule has 102 valence electrons. The smallest absolute Gasteiger partial charge is 0.0634 e. The van der Waals surface area contributed by atoms with Crippen LogP contribution in [0.25, 0.3) is 0 Å². The Balaban J connectivity index is 2.25. The molecule has 0 saturated carbocycles. The van der Waals surface area contributed by atoms with Crippen LogP contribution in [0.2, 0.25) is 0 Å². The summed E-state index contributed by atoms with van der Waals surface area (Å²) < 4.78 is 0. The molecule has 0 aromatic heterocycles. The Morgan fingerprint density at radius 2 is 1.89 bits per heavy atom. The van der Waals surface area contributed by atoms with E-state index in [1.54, 1.807) is 11.8 Å². The van der Waals surface area contributed by atoms with Crippen molar-refractivity contribution in [1.82, 2.24) is 0 Å². The molecule has 0 aliphatic rings. The molecular weight excluding hydrogens is 240 g/mol. The van der Waals surface area contributed by atoms with Crippen LogP contribution in [-0.4, -0.2) is 17.0 Å². The highest BCUT2D eigenvalue weighted by molar-refractivity contribution is 7.99. The zero-order chi connectivity index (χ0) is 13.6. The van der Waals surface area contributed by atoms with E-state index in [1.807, 2.05) is 0 Å². The van der Waals surface area contributed by atoms with Crippen molar-refractivity contribution in [2.45, 2.75) is 58.0 Å². The number of aliphatic hydroxyl groups is 1. The van der Waals surface area contributed by atoms with Gasteiger partial charge in [-0.15, -0.1) is 11.8 Å². The highest BCUT2D eigenvalue weighted by Gasteiger charge is 2.12. The maximum absolute atomic E-state index is 9.98. The molecule has 0 bridgehead atoms. The molecule has 1 N–H and O–H groups in total. The molecule has 0 radical (unpaired) electrons. The molecule has 0 saturated heterocycles. The van der Waals surface area contributed by atoms with Gasteiger partial charge >= 0.3 is 0 Å². The predicted molar refractivity (Wildman–Crippen MR) is 81.2 cm³/mol. The third-order valence-electron chi connectivity index (χ3n) is 2.99. The number of rotatable bonds is 6. The fourth-order valence-corrected chi connectivity index (χ4v) is 2.86. The molecule has 0 spiro atoms. The lowest BCUT2D eigenvalue weighted by Crippen LogP contribution is -2.12. The number of benzene rings is 1. The zero-order valence-corrected chi connectivity index (χ0v) is 12.9. The average molecular weight is 266 g/mol. The normalized spacial score (nSPS) is 13.6. The number of hydrogen-bond acceptors (Lipinski definition) is 2. The van der Waals surface area contributed by atoms with Crippen molar-refractivity contribution in [3.05, 3.63) is 29.8 Å². The molecule has 0 amide bonds. The Kier molecular flexibility index (Phi) is 6.24. The van der Waals surface area contributed by atoms with Crippen molar-refractivity contribution < 1.29 is 5.11 Å². The number of hydrogen-bond donors (Lipinski definition) is 1. The van der Waals surface area contributed by atoms with Crippen LogP contribution in [-0.2, 0) is 0 Å². The van der Waals surface area contributed by atoms with E-state index in [0.717, 1.165) is 18.6 Å². The van der Waals surface area contributed by atoms with Gasteiger partial charge in [0.05, 0.1) is 6.10 Å². The summed E-state index contributed by atoms with van der Waals surface area (Å²) in [6, 6.07) is 8.36. The number of aryl methyl sites for hydroxylation is 1. The van der Waals surface area contributed by atoms with Crippen LogP contribution in [0.15, 0.2) is 29.2 Å². The predicted octanol–water partition coefficient (Wildman–Crippen LogP) is 4.66. The topological polar surface area (TPSA) is 20.2 Å². The summed E-state index contributed by atoms with van der Waals surface area (Å²) in [7, 11) is 0. The van der Waals surface area contributed by atoms with Gasteiger partial charge in [-0.05, 0) is 36.8 Å². The van der Waals surface area contributed by atoms with E-state index in [1.165, 1.54) is 16.9 Å². The first kappa shape index (κ1) is 15.6. The molecule has 1 atom stereocenters. The molecule has 1 rings (SSSR count). The maximum atomic E-state index is 9.98. The molecule has 1 aromatic rings. The van der Waals surface area contributed by atoms with Gasteiger partial charge in [0, 0.05) is 10.6 Å². The maximum Gasteiger partial charge on any atom is 0.0634 e. The van der Waals surface area contributed by atoms with Crippen molar-refractivity contribution in [1.29, 1.82) is 0 Å². The van der Waals surface area contributed by atoms with Crippen LogP contribution < -0.4 is 0 Å². The van der Waals surface area contributed by atoms with Crippen molar-refractivity contribution in [2.75, 3.05) is 5.75 Å². The fraction of sp³-hybridized carbons (Fsp3) is 0.625. The van der Waals surface area contributed by atoms with Gasteiger partial charge in [0.15, 0.2) is 0 Å². The minimum Gasteiger partial charge on any atom is -0.392 e. The monoisotopic (exact) mass is 266 g/mol. The Morgan fingerprint density at radius 3 is 2.50 bits per heavy atom. The lowest BCUT2D eigenvalue weighted by molar-refractivity contribution is 0.178. The molecule has 1 nitrogen and oxygen atoms in total. The molecule has 0 aliphatic heterocycles. The molecule has 18 heavy (non-hydrogen) atoms. The average Bonchev–Trinajstić information content (AvgIpc) is 2.26. The minimum atomic E-state index is -0.183. The van der Waals surface area contributed by atoms with Crippen molar-refractivity contribution in [3.8, 4) is 0 Å². The third kappa shape index (κ3) is 6.46. The van der Waals surface area contributed by atoms with Crippen molar-refractivity contribution >= 4 is 11.8 Å². The lowest BCUT2D eigenvalue weighted by Gasteiger charge is -2.19. The van der Waals surface area contributed by atoms with Gasteiger partial charge in [0.2, 0.25) is 0 Å². The van der Waals surface area contributed by atoms with Crippen LogP contribution in [0.3, 0.4) is 0 Å². The van der Waals surface area contributed by atoms with Gasteiger partial charge in [0.1, 0.15) is 0 Å². The summed E-state index contributed by atoms with van der Waals surface area (Å²) in [6.07, 6.45) is 3.02. The van der Waals surface area contributed by atoms with Crippen LogP contribution in [0.4, 0.5) is 0 Å². The van der Waals surface area contributed by atoms with Gasteiger partial charge in [-0.2, -0.15) is 0 Å².